The van der Waals surface area contributed by atoms with Gasteiger partial charge in [-0.25, -0.2) is 0 Å². The summed E-state index contributed by atoms with van der Waals surface area (Å²) in [5, 5.41) is 11.2. The number of carbonyl (C=O) groups excluding carboxylic acids is 2. The fourth-order valence-corrected chi connectivity index (χ4v) is 4.10. The summed E-state index contributed by atoms with van der Waals surface area (Å²) in [6, 6.07) is 20.4. The lowest BCUT2D eigenvalue weighted by Gasteiger charge is -2.26. The number of carbonyl (C=O) groups is 2. The maximum absolute atomic E-state index is 13.3. The number of ether oxygens (including phenoxy) is 2. The molecular formula is C27H26N2O5. The molecule has 0 spiro atoms. The van der Waals surface area contributed by atoms with E-state index in [1.807, 2.05) is 37.2 Å². The van der Waals surface area contributed by atoms with Crippen LogP contribution in [0.5, 0.6) is 11.5 Å². The normalized spacial score (nSPS) is 17.1. The molecule has 4 rings (SSSR count). The highest BCUT2D eigenvalue weighted by Crippen LogP contribution is 2.44. The van der Waals surface area contributed by atoms with Gasteiger partial charge in [0.1, 0.15) is 5.76 Å². The molecule has 0 radical (unpaired) electrons. The number of rotatable bonds is 6. The SMILES string of the molecule is COc1ccc(C2/C(=C(/O)c3ccccc3)C(=O)C(=O)N2c2ccc(N(C)C)cc2)cc1OC. The summed E-state index contributed by atoms with van der Waals surface area (Å²) in [5.74, 6) is -0.728. The molecule has 7 nitrogen and oxygen atoms in total. The predicted octanol–water partition coefficient (Wildman–Crippen LogP) is 4.40. The minimum Gasteiger partial charge on any atom is -0.507 e. The van der Waals surface area contributed by atoms with Gasteiger partial charge in [-0.05, 0) is 42.0 Å². The summed E-state index contributed by atoms with van der Waals surface area (Å²) in [5.41, 5.74) is 2.56. The van der Waals surface area contributed by atoms with E-state index >= 15 is 0 Å². The van der Waals surface area contributed by atoms with E-state index < -0.39 is 17.7 Å². The highest BCUT2D eigenvalue weighted by atomic mass is 16.5. The Bertz CT molecular complexity index is 1250. The molecule has 1 N–H and O–H groups in total. The number of methoxy groups -OCH3 is 2. The van der Waals surface area contributed by atoms with Crippen LogP contribution in [0.3, 0.4) is 0 Å². The summed E-state index contributed by atoms with van der Waals surface area (Å²) in [4.78, 5) is 29.9. The molecule has 0 aromatic heterocycles. The van der Waals surface area contributed by atoms with Gasteiger partial charge in [0.05, 0.1) is 25.8 Å². The van der Waals surface area contributed by atoms with Crippen molar-refractivity contribution in [2.75, 3.05) is 38.1 Å². The highest BCUT2D eigenvalue weighted by Gasteiger charge is 2.47. The van der Waals surface area contributed by atoms with Crippen molar-refractivity contribution in [2.45, 2.75) is 6.04 Å². The van der Waals surface area contributed by atoms with E-state index in [-0.39, 0.29) is 11.3 Å². The van der Waals surface area contributed by atoms with Gasteiger partial charge < -0.3 is 19.5 Å². The topological polar surface area (TPSA) is 79.3 Å². The zero-order valence-electron chi connectivity index (χ0n) is 19.5. The largest absolute Gasteiger partial charge is 0.507 e. The van der Waals surface area contributed by atoms with Gasteiger partial charge in [-0.2, -0.15) is 0 Å². The second kappa shape index (κ2) is 9.31. The summed E-state index contributed by atoms with van der Waals surface area (Å²) < 4.78 is 10.8. The molecule has 3 aromatic rings. The summed E-state index contributed by atoms with van der Waals surface area (Å²) in [6.07, 6.45) is 0. The van der Waals surface area contributed by atoms with Crippen LogP contribution < -0.4 is 19.3 Å². The van der Waals surface area contributed by atoms with Crippen molar-refractivity contribution < 1.29 is 24.2 Å². The Balaban J connectivity index is 1.93. The molecule has 1 aliphatic heterocycles. The molecule has 1 unspecified atom stereocenters. The highest BCUT2D eigenvalue weighted by molar-refractivity contribution is 6.51. The zero-order valence-corrected chi connectivity index (χ0v) is 19.5. The maximum atomic E-state index is 13.3. The van der Waals surface area contributed by atoms with Crippen molar-refractivity contribution in [1.82, 2.24) is 0 Å². The number of ketones is 1. The smallest absolute Gasteiger partial charge is 0.300 e. The van der Waals surface area contributed by atoms with Gasteiger partial charge in [0.25, 0.3) is 11.7 Å². The second-order valence-corrected chi connectivity index (χ2v) is 8.06. The van der Waals surface area contributed by atoms with Crippen LogP contribution in [0.1, 0.15) is 17.2 Å². The third kappa shape index (κ3) is 3.96. The lowest BCUT2D eigenvalue weighted by molar-refractivity contribution is -0.132. The van der Waals surface area contributed by atoms with E-state index in [2.05, 4.69) is 0 Å². The predicted molar refractivity (Wildman–Crippen MR) is 132 cm³/mol. The van der Waals surface area contributed by atoms with Gasteiger partial charge in [-0.3, -0.25) is 14.5 Å². The van der Waals surface area contributed by atoms with Gasteiger partial charge in [0.2, 0.25) is 0 Å². The summed E-state index contributed by atoms with van der Waals surface area (Å²) in [7, 11) is 6.89. The van der Waals surface area contributed by atoms with Crippen LogP contribution in [0.2, 0.25) is 0 Å². The van der Waals surface area contributed by atoms with Crippen LogP contribution in [0, 0.1) is 0 Å². The number of Topliss-reactive ketones (excluding diaryl/α,β-unsaturated/α-hetero) is 1. The van der Waals surface area contributed by atoms with Crippen LogP contribution in [0.4, 0.5) is 11.4 Å². The average Bonchev–Trinajstić information content (AvgIpc) is 3.13. The van der Waals surface area contributed by atoms with Gasteiger partial charge in [0, 0.05) is 31.0 Å². The van der Waals surface area contributed by atoms with E-state index in [1.165, 1.54) is 19.1 Å². The number of aliphatic hydroxyl groups is 1. The van der Waals surface area contributed by atoms with E-state index in [0.29, 0.717) is 28.3 Å². The van der Waals surface area contributed by atoms with E-state index in [4.69, 9.17) is 9.47 Å². The Morgan fingerprint density at radius 1 is 0.882 bits per heavy atom. The first kappa shape index (κ1) is 22.9. The van der Waals surface area contributed by atoms with Crippen molar-refractivity contribution in [3.05, 3.63) is 89.5 Å². The minimum atomic E-state index is -0.856. The number of aliphatic hydroxyl groups excluding tert-OH is 1. The van der Waals surface area contributed by atoms with Crippen LogP contribution in [-0.2, 0) is 9.59 Å². The molecule has 1 atom stereocenters. The summed E-state index contributed by atoms with van der Waals surface area (Å²) in [6.45, 7) is 0. The first-order valence-corrected chi connectivity index (χ1v) is 10.7. The van der Waals surface area contributed by atoms with Crippen LogP contribution >= 0.6 is 0 Å². The Labute approximate surface area is 198 Å². The minimum absolute atomic E-state index is 0.0140. The monoisotopic (exact) mass is 458 g/mol. The fourth-order valence-electron chi connectivity index (χ4n) is 4.10. The Morgan fingerprint density at radius 3 is 2.12 bits per heavy atom. The van der Waals surface area contributed by atoms with Crippen molar-refractivity contribution in [2.24, 2.45) is 0 Å². The molecule has 0 saturated carbocycles. The van der Waals surface area contributed by atoms with Gasteiger partial charge >= 0.3 is 0 Å². The molecule has 0 bridgehead atoms. The third-order valence-electron chi connectivity index (χ3n) is 5.86. The number of anilines is 2. The molecular weight excluding hydrogens is 432 g/mol. The van der Waals surface area contributed by atoms with Crippen molar-refractivity contribution in [3.63, 3.8) is 0 Å². The van der Waals surface area contributed by atoms with Crippen LogP contribution in [-0.4, -0.2) is 45.1 Å². The van der Waals surface area contributed by atoms with E-state index in [0.717, 1.165) is 5.69 Å². The quantitative estimate of drug-likeness (QED) is 0.335. The van der Waals surface area contributed by atoms with Crippen molar-refractivity contribution in [1.29, 1.82) is 0 Å². The van der Waals surface area contributed by atoms with E-state index in [9.17, 15) is 14.7 Å². The van der Waals surface area contributed by atoms with Gasteiger partial charge in [-0.1, -0.05) is 36.4 Å². The molecule has 7 heteroatoms. The Kier molecular flexibility index (Phi) is 6.27. The molecule has 1 heterocycles. The third-order valence-corrected chi connectivity index (χ3v) is 5.86. The molecule has 1 fully saturated rings. The molecule has 3 aromatic carbocycles. The molecule has 174 valence electrons. The molecule has 1 amide bonds. The summed E-state index contributed by atoms with van der Waals surface area (Å²) >= 11 is 0. The second-order valence-electron chi connectivity index (χ2n) is 8.06. The van der Waals surface area contributed by atoms with Crippen LogP contribution in [0.15, 0.2) is 78.4 Å². The Morgan fingerprint density at radius 2 is 1.53 bits per heavy atom. The molecule has 34 heavy (non-hydrogen) atoms. The van der Waals surface area contributed by atoms with Crippen molar-refractivity contribution in [3.8, 4) is 11.5 Å². The number of hydrogen-bond acceptors (Lipinski definition) is 6. The first-order valence-electron chi connectivity index (χ1n) is 10.7. The van der Waals surface area contributed by atoms with E-state index in [1.54, 1.807) is 54.6 Å². The molecule has 0 aliphatic carbocycles. The lowest BCUT2D eigenvalue weighted by atomic mass is 9.94. The maximum Gasteiger partial charge on any atom is 0.300 e. The van der Waals surface area contributed by atoms with Crippen LogP contribution in [0.25, 0.3) is 5.76 Å². The zero-order chi connectivity index (χ0) is 24.4. The Hall–Kier alpha value is -4.26. The van der Waals surface area contributed by atoms with Gasteiger partial charge in [-0.15, -0.1) is 0 Å². The lowest BCUT2D eigenvalue weighted by Crippen LogP contribution is -2.29. The number of hydrogen-bond donors (Lipinski definition) is 1. The average molecular weight is 459 g/mol. The standard InChI is InChI=1S/C27H26N2O5/c1-28(2)19-11-13-20(14-12-19)29-24(18-10-15-21(33-3)22(16-18)34-4)23(26(31)27(29)32)25(30)17-8-6-5-7-9-17/h5-16,24,30H,1-4H3/b25-23-. The first-order chi connectivity index (χ1) is 16.4. The number of amides is 1. The van der Waals surface area contributed by atoms with Crippen molar-refractivity contribution >= 4 is 28.8 Å². The number of nitrogens with zero attached hydrogens (tertiary/aromatic N) is 2. The molecule has 1 aliphatic rings. The fraction of sp³-hybridized carbons (Fsp3) is 0.185. The van der Waals surface area contributed by atoms with Gasteiger partial charge in [0.15, 0.2) is 11.5 Å². The molecule has 1 saturated heterocycles. The number of benzene rings is 3.